The first kappa shape index (κ1) is 20.3. The number of unbranched alkanes of at least 4 members (excludes halogenated alkanes) is 3. The Hall–Kier alpha value is 0.311. The number of hydrogen-bond donors (Lipinski definition) is 0. The van der Waals surface area contributed by atoms with Gasteiger partial charge in [-0.05, 0) is 58.2 Å². The van der Waals surface area contributed by atoms with E-state index in [1.54, 1.807) is 0 Å². The molecule has 0 aromatic carbocycles. The molecule has 0 rings (SSSR count). The Morgan fingerprint density at radius 2 is 1.45 bits per heavy atom. The second-order valence-electron chi connectivity index (χ2n) is 7.43. The van der Waals surface area contributed by atoms with Gasteiger partial charge in [0.05, 0.1) is 9.52 Å². The lowest BCUT2D eigenvalue weighted by Crippen LogP contribution is -2.42. The van der Waals surface area contributed by atoms with Gasteiger partial charge in [-0.15, -0.1) is 0 Å². The third-order valence-electron chi connectivity index (χ3n) is 2.68. The molecule has 0 unspecified atom stereocenters. The van der Waals surface area contributed by atoms with Gasteiger partial charge in [-0.3, -0.25) is 0 Å². The summed E-state index contributed by atoms with van der Waals surface area (Å²) in [6.45, 7) is 15.8. The van der Waals surface area contributed by atoms with E-state index < -0.39 is 16.6 Å². The molecule has 0 aliphatic carbocycles. The quantitative estimate of drug-likeness (QED) is 0.236. The summed E-state index contributed by atoms with van der Waals surface area (Å²) in [6, 6.07) is 1.20. The van der Waals surface area contributed by atoms with Crippen molar-refractivity contribution in [3.05, 3.63) is 12.2 Å². The zero-order valence-corrected chi connectivity index (χ0v) is 18.2. The molecule has 0 spiro atoms. The Morgan fingerprint density at radius 1 is 0.900 bits per heavy atom. The molecule has 0 N–H and O–H groups in total. The molecule has 0 aromatic heterocycles. The predicted octanol–water partition coefficient (Wildman–Crippen LogP) is 4.70. The standard InChI is InChI=1S/C15H36O2Si3/c1-8-9-10-11-12-13-14-18-15(16-19(2,3)4)17-20(5,6)7/h12-13,15H,8-11,14,18H2,1-7H3/b13-12+. The molecule has 0 aliphatic rings. The molecule has 0 fully saturated rings. The Bertz CT molecular complexity index is 251. The third kappa shape index (κ3) is 14.7. The van der Waals surface area contributed by atoms with Crippen molar-refractivity contribution in [2.45, 2.75) is 83.8 Å². The van der Waals surface area contributed by atoms with E-state index in [4.69, 9.17) is 8.85 Å². The highest BCUT2D eigenvalue weighted by atomic mass is 28.4. The molecule has 5 heteroatoms. The minimum Gasteiger partial charge on any atom is -0.398 e. The van der Waals surface area contributed by atoms with Gasteiger partial charge < -0.3 is 8.85 Å². The lowest BCUT2D eigenvalue weighted by Gasteiger charge is -2.31. The number of allylic oxidation sites excluding steroid dienone is 2. The van der Waals surface area contributed by atoms with E-state index in [1.165, 1.54) is 31.7 Å². The molecular weight excluding hydrogens is 296 g/mol. The highest BCUT2D eigenvalue weighted by Gasteiger charge is 2.26. The van der Waals surface area contributed by atoms with Crippen LogP contribution in [0.4, 0.5) is 0 Å². The van der Waals surface area contributed by atoms with E-state index in [1.807, 2.05) is 0 Å². The van der Waals surface area contributed by atoms with E-state index in [0.717, 1.165) is 0 Å². The Kier molecular flexibility index (Phi) is 10.3. The van der Waals surface area contributed by atoms with Crippen molar-refractivity contribution >= 4 is 26.2 Å². The van der Waals surface area contributed by atoms with Gasteiger partial charge in [0.2, 0.25) is 0 Å². The lowest BCUT2D eigenvalue weighted by atomic mass is 10.2. The molecule has 0 bridgehead atoms. The van der Waals surface area contributed by atoms with Crippen LogP contribution in [0.2, 0.25) is 45.3 Å². The van der Waals surface area contributed by atoms with E-state index in [0.29, 0.717) is 0 Å². The normalized spacial score (nSPS) is 14.2. The minimum atomic E-state index is -1.50. The number of rotatable bonds is 11. The fraction of sp³-hybridized carbons (Fsp3) is 0.867. The van der Waals surface area contributed by atoms with Crippen LogP contribution in [0.15, 0.2) is 12.2 Å². The summed E-state index contributed by atoms with van der Waals surface area (Å²) in [5, 5.41) is 0. The SMILES string of the molecule is CCCCC/C=C/C[SiH2]C(O[Si](C)(C)C)O[Si](C)(C)C. The van der Waals surface area contributed by atoms with Crippen LogP contribution in [0.5, 0.6) is 0 Å². The maximum atomic E-state index is 6.24. The van der Waals surface area contributed by atoms with Gasteiger partial charge in [-0.25, -0.2) is 0 Å². The predicted molar refractivity (Wildman–Crippen MR) is 99.3 cm³/mol. The summed E-state index contributed by atoms with van der Waals surface area (Å²) in [5.74, 6) is 0.133. The summed E-state index contributed by atoms with van der Waals surface area (Å²) < 4.78 is 12.5. The molecule has 0 radical (unpaired) electrons. The fourth-order valence-corrected chi connectivity index (χ4v) is 8.32. The smallest absolute Gasteiger partial charge is 0.186 e. The van der Waals surface area contributed by atoms with Crippen LogP contribution in [0.3, 0.4) is 0 Å². The molecule has 120 valence electrons. The fourth-order valence-electron chi connectivity index (χ4n) is 1.91. The summed E-state index contributed by atoms with van der Waals surface area (Å²) in [5.41, 5.74) is 0. The first-order valence-corrected chi connectivity index (χ1v) is 16.8. The maximum absolute atomic E-state index is 6.24. The van der Waals surface area contributed by atoms with Crippen LogP contribution in [0.25, 0.3) is 0 Å². The van der Waals surface area contributed by atoms with E-state index in [9.17, 15) is 0 Å². The summed E-state index contributed by atoms with van der Waals surface area (Å²) in [4.78, 5) is 0. The van der Waals surface area contributed by atoms with E-state index >= 15 is 0 Å². The highest BCUT2D eigenvalue weighted by Crippen LogP contribution is 2.14. The monoisotopic (exact) mass is 332 g/mol. The summed E-state index contributed by atoms with van der Waals surface area (Å²) in [6.07, 6.45) is 9.92. The average molecular weight is 333 g/mol. The molecule has 0 heterocycles. The summed E-state index contributed by atoms with van der Waals surface area (Å²) in [7, 11) is -3.33. The molecule has 0 saturated carbocycles. The average Bonchev–Trinajstić information content (AvgIpc) is 2.23. The van der Waals surface area contributed by atoms with E-state index in [-0.39, 0.29) is 15.4 Å². The molecule has 0 amide bonds. The van der Waals surface area contributed by atoms with Gasteiger partial charge >= 0.3 is 0 Å². The molecule has 0 aliphatic heterocycles. The van der Waals surface area contributed by atoms with Crippen molar-refractivity contribution in [3.63, 3.8) is 0 Å². The van der Waals surface area contributed by atoms with Crippen LogP contribution in [0, 0.1) is 0 Å². The van der Waals surface area contributed by atoms with Crippen molar-refractivity contribution in [2.75, 3.05) is 0 Å². The second-order valence-corrected chi connectivity index (χ2v) is 18.2. The lowest BCUT2D eigenvalue weighted by molar-refractivity contribution is 0.0608. The van der Waals surface area contributed by atoms with Crippen molar-refractivity contribution < 1.29 is 8.85 Å². The Morgan fingerprint density at radius 3 is 1.90 bits per heavy atom. The van der Waals surface area contributed by atoms with Crippen LogP contribution < -0.4 is 0 Å². The van der Waals surface area contributed by atoms with Crippen LogP contribution >= 0.6 is 0 Å². The first-order chi connectivity index (χ1) is 9.14. The topological polar surface area (TPSA) is 18.5 Å². The van der Waals surface area contributed by atoms with Gasteiger partial charge in [-0.2, -0.15) is 0 Å². The Balaban J connectivity index is 4.10. The zero-order valence-electron chi connectivity index (χ0n) is 14.8. The molecule has 0 aromatic rings. The van der Waals surface area contributed by atoms with Gasteiger partial charge in [-0.1, -0.05) is 31.9 Å². The minimum absolute atomic E-state index is 0.133. The molecule has 2 nitrogen and oxygen atoms in total. The van der Waals surface area contributed by atoms with E-state index in [2.05, 4.69) is 58.4 Å². The van der Waals surface area contributed by atoms with Crippen LogP contribution in [-0.4, -0.2) is 32.1 Å². The van der Waals surface area contributed by atoms with Gasteiger partial charge in [0, 0.05) is 0 Å². The van der Waals surface area contributed by atoms with Crippen molar-refractivity contribution in [2.24, 2.45) is 0 Å². The van der Waals surface area contributed by atoms with Crippen LogP contribution in [0.1, 0.15) is 32.6 Å². The molecule has 0 saturated heterocycles. The van der Waals surface area contributed by atoms with Gasteiger partial charge in [0.15, 0.2) is 16.6 Å². The largest absolute Gasteiger partial charge is 0.398 e. The third-order valence-corrected chi connectivity index (χ3v) is 6.76. The number of hydrogen-bond acceptors (Lipinski definition) is 2. The van der Waals surface area contributed by atoms with Crippen molar-refractivity contribution in [3.8, 4) is 0 Å². The van der Waals surface area contributed by atoms with Gasteiger partial charge in [0.1, 0.15) is 5.91 Å². The summed E-state index contributed by atoms with van der Waals surface area (Å²) >= 11 is 0. The van der Waals surface area contributed by atoms with Crippen molar-refractivity contribution in [1.82, 2.24) is 0 Å². The maximum Gasteiger partial charge on any atom is 0.186 e. The van der Waals surface area contributed by atoms with Crippen LogP contribution in [-0.2, 0) is 8.85 Å². The zero-order chi connectivity index (χ0) is 15.6. The molecular formula is C15H36O2Si3. The second kappa shape index (κ2) is 10.1. The molecule has 0 atom stereocenters. The highest BCUT2D eigenvalue weighted by molar-refractivity contribution is 6.71. The van der Waals surface area contributed by atoms with Gasteiger partial charge in [0.25, 0.3) is 0 Å². The molecule has 20 heavy (non-hydrogen) atoms. The Labute approximate surface area is 131 Å². The first-order valence-electron chi connectivity index (χ1n) is 8.14. The van der Waals surface area contributed by atoms with Crippen molar-refractivity contribution in [1.29, 1.82) is 0 Å².